The van der Waals surface area contributed by atoms with Crippen molar-refractivity contribution in [2.75, 3.05) is 6.54 Å². The highest BCUT2D eigenvalue weighted by molar-refractivity contribution is 4.92. The first-order valence-electron chi connectivity index (χ1n) is 6.43. The van der Waals surface area contributed by atoms with E-state index in [0.717, 1.165) is 12.0 Å². The van der Waals surface area contributed by atoms with Gasteiger partial charge in [-0.05, 0) is 30.6 Å². The van der Waals surface area contributed by atoms with E-state index in [4.69, 9.17) is 0 Å². The number of hydrogen-bond acceptors (Lipinski definition) is 1. The molecule has 2 atom stereocenters. The molecule has 2 fully saturated rings. The van der Waals surface area contributed by atoms with Gasteiger partial charge in [0, 0.05) is 12.6 Å². The van der Waals surface area contributed by atoms with E-state index in [1.165, 1.54) is 51.5 Å². The van der Waals surface area contributed by atoms with Gasteiger partial charge in [0.2, 0.25) is 0 Å². The van der Waals surface area contributed by atoms with E-state index in [2.05, 4.69) is 19.2 Å². The Bertz CT molecular complexity index is 180. The molecule has 1 nitrogen and oxygen atoms in total. The highest BCUT2D eigenvalue weighted by Gasteiger charge is 2.34. The van der Waals surface area contributed by atoms with Crippen LogP contribution in [0.5, 0.6) is 0 Å². The van der Waals surface area contributed by atoms with Crippen LogP contribution in [0.2, 0.25) is 0 Å². The molecule has 2 saturated carbocycles. The maximum absolute atomic E-state index is 3.74. The third-order valence-corrected chi connectivity index (χ3v) is 4.21. The smallest absolute Gasteiger partial charge is 0.00966 e. The van der Waals surface area contributed by atoms with Crippen LogP contribution in [0.3, 0.4) is 0 Å². The minimum absolute atomic E-state index is 0.610. The zero-order valence-corrected chi connectivity index (χ0v) is 9.81. The van der Waals surface area contributed by atoms with E-state index in [9.17, 15) is 0 Å². The van der Waals surface area contributed by atoms with Gasteiger partial charge in [0.05, 0.1) is 0 Å². The first-order chi connectivity index (χ1) is 6.70. The summed E-state index contributed by atoms with van der Waals surface area (Å²) in [5.74, 6) is 0.948. The summed E-state index contributed by atoms with van der Waals surface area (Å²) in [5, 5.41) is 3.74. The molecule has 0 unspecified atom stereocenters. The zero-order valence-electron chi connectivity index (χ0n) is 9.81. The summed E-state index contributed by atoms with van der Waals surface area (Å²) in [7, 11) is 0. The van der Waals surface area contributed by atoms with Gasteiger partial charge in [-0.3, -0.25) is 0 Å². The lowest BCUT2D eigenvalue weighted by molar-refractivity contribution is 0.261. The van der Waals surface area contributed by atoms with E-state index in [1.54, 1.807) is 0 Å². The molecule has 82 valence electrons. The van der Waals surface area contributed by atoms with E-state index >= 15 is 0 Å². The molecule has 0 aromatic carbocycles. The SMILES string of the molecule is C[C@@H]1C[C@H]1NCC1(C)CCCCCC1. The Hall–Kier alpha value is -0.0400. The van der Waals surface area contributed by atoms with Crippen LogP contribution in [0.4, 0.5) is 0 Å². The summed E-state index contributed by atoms with van der Waals surface area (Å²) in [5.41, 5.74) is 0.610. The molecule has 0 heterocycles. The van der Waals surface area contributed by atoms with Crippen LogP contribution < -0.4 is 5.32 Å². The molecule has 0 bridgehead atoms. The van der Waals surface area contributed by atoms with Gasteiger partial charge in [-0.15, -0.1) is 0 Å². The van der Waals surface area contributed by atoms with Crippen molar-refractivity contribution in [3.63, 3.8) is 0 Å². The van der Waals surface area contributed by atoms with Crippen molar-refractivity contribution >= 4 is 0 Å². The number of rotatable bonds is 3. The molecule has 2 aliphatic rings. The Morgan fingerprint density at radius 3 is 2.21 bits per heavy atom. The molecule has 0 amide bonds. The molecule has 2 aliphatic carbocycles. The van der Waals surface area contributed by atoms with Crippen molar-refractivity contribution in [1.82, 2.24) is 5.32 Å². The molecular weight excluding hydrogens is 170 g/mol. The predicted octanol–water partition coefficient (Wildman–Crippen LogP) is 3.34. The van der Waals surface area contributed by atoms with Crippen LogP contribution in [0.25, 0.3) is 0 Å². The Morgan fingerprint density at radius 1 is 1.14 bits per heavy atom. The Morgan fingerprint density at radius 2 is 1.71 bits per heavy atom. The highest BCUT2D eigenvalue weighted by atomic mass is 15.0. The Kier molecular flexibility index (Phi) is 3.16. The number of hydrogen-bond donors (Lipinski definition) is 1. The largest absolute Gasteiger partial charge is 0.313 e. The maximum Gasteiger partial charge on any atom is 0.00966 e. The average molecular weight is 195 g/mol. The van der Waals surface area contributed by atoms with Gasteiger partial charge in [0.25, 0.3) is 0 Å². The van der Waals surface area contributed by atoms with E-state index in [1.807, 2.05) is 0 Å². The van der Waals surface area contributed by atoms with Crippen molar-refractivity contribution < 1.29 is 0 Å². The summed E-state index contributed by atoms with van der Waals surface area (Å²) in [6.45, 7) is 6.10. The van der Waals surface area contributed by atoms with Gasteiger partial charge >= 0.3 is 0 Å². The molecular formula is C13H25N. The fourth-order valence-electron chi connectivity index (χ4n) is 2.74. The first-order valence-corrected chi connectivity index (χ1v) is 6.43. The normalized spacial score (nSPS) is 36.4. The molecule has 0 aliphatic heterocycles. The maximum atomic E-state index is 3.74. The van der Waals surface area contributed by atoms with Crippen LogP contribution in [0, 0.1) is 11.3 Å². The molecule has 0 radical (unpaired) electrons. The first kappa shape index (κ1) is 10.5. The van der Waals surface area contributed by atoms with Gasteiger partial charge in [0.1, 0.15) is 0 Å². The summed E-state index contributed by atoms with van der Waals surface area (Å²) in [6.07, 6.45) is 10.2. The Balaban J connectivity index is 1.75. The lowest BCUT2D eigenvalue weighted by Crippen LogP contribution is -2.33. The molecule has 0 aromatic rings. The predicted molar refractivity (Wildman–Crippen MR) is 61.4 cm³/mol. The second kappa shape index (κ2) is 4.22. The molecule has 0 saturated heterocycles. The molecule has 0 spiro atoms. The highest BCUT2D eigenvalue weighted by Crippen LogP contribution is 2.36. The van der Waals surface area contributed by atoms with Gasteiger partial charge in [-0.2, -0.15) is 0 Å². The minimum atomic E-state index is 0.610. The fourth-order valence-corrected chi connectivity index (χ4v) is 2.74. The van der Waals surface area contributed by atoms with Crippen LogP contribution in [0.1, 0.15) is 58.8 Å². The fraction of sp³-hybridized carbons (Fsp3) is 1.00. The monoisotopic (exact) mass is 195 g/mol. The second-order valence-electron chi connectivity index (χ2n) is 5.93. The van der Waals surface area contributed by atoms with Crippen LogP contribution in [-0.4, -0.2) is 12.6 Å². The molecule has 1 N–H and O–H groups in total. The van der Waals surface area contributed by atoms with Crippen LogP contribution in [0.15, 0.2) is 0 Å². The van der Waals surface area contributed by atoms with Crippen molar-refractivity contribution in [2.45, 2.75) is 64.8 Å². The van der Waals surface area contributed by atoms with Gasteiger partial charge in [-0.25, -0.2) is 0 Å². The van der Waals surface area contributed by atoms with Crippen molar-refractivity contribution in [2.24, 2.45) is 11.3 Å². The number of nitrogens with one attached hydrogen (secondary N) is 1. The third kappa shape index (κ3) is 2.73. The summed E-state index contributed by atoms with van der Waals surface area (Å²) in [4.78, 5) is 0. The van der Waals surface area contributed by atoms with E-state index in [-0.39, 0.29) is 0 Å². The minimum Gasteiger partial charge on any atom is -0.313 e. The average Bonchev–Trinajstić information content (AvgIpc) is 2.88. The quantitative estimate of drug-likeness (QED) is 0.681. The zero-order chi connectivity index (χ0) is 10.0. The standard InChI is InChI=1S/C13H25N/c1-11-9-12(11)14-10-13(2)7-5-3-4-6-8-13/h11-12,14H,3-10H2,1-2H3/t11-,12-/m1/s1. The summed E-state index contributed by atoms with van der Waals surface area (Å²) < 4.78 is 0. The van der Waals surface area contributed by atoms with E-state index < -0.39 is 0 Å². The lowest BCUT2D eigenvalue weighted by Gasteiger charge is -2.28. The third-order valence-electron chi connectivity index (χ3n) is 4.21. The lowest BCUT2D eigenvalue weighted by atomic mass is 9.82. The van der Waals surface area contributed by atoms with Gasteiger partial charge in [0.15, 0.2) is 0 Å². The van der Waals surface area contributed by atoms with Gasteiger partial charge < -0.3 is 5.32 Å². The van der Waals surface area contributed by atoms with Crippen LogP contribution in [-0.2, 0) is 0 Å². The molecule has 1 heteroatoms. The van der Waals surface area contributed by atoms with Gasteiger partial charge in [-0.1, -0.05) is 39.5 Å². The summed E-state index contributed by atoms with van der Waals surface area (Å²) in [6, 6.07) is 0.857. The molecule has 0 aromatic heterocycles. The molecule has 14 heavy (non-hydrogen) atoms. The second-order valence-corrected chi connectivity index (χ2v) is 5.93. The summed E-state index contributed by atoms with van der Waals surface area (Å²) >= 11 is 0. The van der Waals surface area contributed by atoms with Crippen LogP contribution >= 0.6 is 0 Å². The Labute approximate surface area is 88.7 Å². The van der Waals surface area contributed by atoms with Crippen molar-refractivity contribution in [3.8, 4) is 0 Å². The van der Waals surface area contributed by atoms with E-state index in [0.29, 0.717) is 5.41 Å². The van der Waals surface area contributed by atoms with Crippen molar-refractivity contribution in [1.29, 1.82) is 0 Å². The topological polar surface area (TPSA) is 12.0 Å². The molecule has 2 rings (SSSR count). The van der Waals surface area contributed by atoms with Crippen molar-refractivity contribution in [3.05, 3.63) is 0 Å².